The number of carboxylic acids is 1. The number of aliphatic carboxylic acids is 1. The molecule has 0 bridgehead atoms. The van der Waals surface area contributed by atoms with Gasteiger partial charge in [-0.25, -0.2) is 4.79 Å². The predicted molar refractivity (Wildman–Crippen MR) is 91.3 cm³/mol. The minimum absolute atomic E-state index is 0.261. The van der Waals surface area contributed by atoms with Gasteiger partial charge in [0.1, 0.15) is 5.00 Å². The van der Waals surface area contributed by atoms with E-state index in [0.717, 1.165) is 29.7 Å². The van der Waals surface area contributed by atoms with Crippen molar-refractivity contribution in [3.63, 3.8) is 0 Å². The van der Waals surface area contributed by atoms with Gasteiger partial charge in [0.2, 0.25) is 5.91 Å². The molecule has 1 heterocycles. The molecule has 1 aromatic heterocycles. The maximum Gasteiger partial charge on any atom is 0.341 e. The second kappa shape index (κ2) is 7.39. The minimum atomic E-state index is -1.22. The van der Waals surface area contributed by atoms with Gasteiger partial charge in [-0.15, -0.1) is 11.3 Å². The van der Waals surface area contributed by atoms with Gasteiger partial charge >= 0.3 is 5.97 Å². The first-order chi connectivity index (χ1) is 12.0. The zero-order chi connectivity index (χ0) is 18.0. The second-order valence-electron chi connectivity index (χ2n) is 6.25. The van der Waals surface area contributed by atoms with E-state index in [0.29, 0.717) is 17.0 Å². The first kappa shape index (κ1) is 17.7. The molecule has 7 heteroatoms. The maximum atomic E-state index is 12.7. The number of hydrogen-bond donors (Lipinski definition) is 1. The fraction of sp³-hybridized carbons (Fsp3) is 0.500. The summed E-state index contributed by atoms with van der Waals surface area (Å²) in [6, 6.07) is 0. The van der Waals surface area contributed by atoms with Gasteiger partial charge in [0.05, 0.1) is 18.1 Å². The van der Waals surface area contributed by atoms with Crippen molar-refractivity contribution in [1.82, 2.24) is 0 Å². The summed E-state index contributed by atoms with van der Waals surface area (Å²) in [7, 11) is 0. The molecular weight excluding hydrogens is 342 g/mol. The van der Waals surface area contributed by atoms with Crippen LogP contribution in [0.2, 0.25) is 0 Å². The zero-order valence-electron chi connectivity index (χ0n) is 14.0. The Morgan fingerprint density at radius 2 is 1.96 bits per heavy atom. The third-order valence-corrected chi connectivity index (χ3v) is 5.92. The maximum absolute atomic E-state index is 12.7. The Kier molecular flexibility index (Phi) is 5.22. The number of carbonyl (C=O) groups is 3. The first-order valence-corrected chi connectivity index (χ1v) is 9.33. The van der Waals surface area contributed by atoms with E-state index in [2.05, 4.69) is 5.32 Å². The summed E-state index contributed by atoms with van der Waals surface area (Å²) >= 11 is 1.39. The Hall–Kier alpha value is -2.15. The number of carbonyl (C=O) groups excluding carboxylic acids is 3. The topological polar surface area (TPSA) is 95.5 Å². The van der Waals surface area contributed by atoms with Crippen molar-refractivity contribution in [3.8, 4) is 0 Å². The number of nitrogens with one attached hydrogen (secondary N) is 1. The quantitative estimate of drug-likeness (QED) is 0.635. The highest BCUT2D eigenvalue weighted by Crippen LogP contribution is 2.40. The molecule has 1 aromatic rings. The van der Waals surface area contributed by atoms with Gasteiger partial charge in [-0.1, -0.05) is 12.2 Å². The van der Waals surface area contributed by atoms with Crippen LogP contribution < -0.4 is 10.4 Å². The van der Waals surface area contributed by atoms with Crippen LogP contribution in [0.4, 0.5) is 5.00 Å². The number of ether oxygens (including phenoxy) is 1. The molecule has 1 amide bonds. The molecule has 0 unspecified atom stereocenters. The molecule has 0 spiro atoms. The number of carboxylic acid groups (broad SMARTS) is 1. The molecule has 0 aromatic carbocycles. The number of aryl methyl sites for hydroxylation is 1. The van der Waals surface area contributed by atoms with E-state index < -0.39 is 23.8 Å². The molecule has 2 atom stereocenters. The zero-order valence-corrected chi connectivity index (χ0v) is 14.8. The molecule has 6 nitrogen and oxygen atoms in total. The summed E-state index contributed by atoms with van der Waals surface area (Å²) in [4.78, 5) is 37.4. The molecule has 0 aliphatic heterocycles. The Balaban J connectivity index is 1.85. The summed E-state index contributed by atoms with van der Waals surface area (Å²) in [5.41, 5.74) is 1.39. The Labute approximate surface area is 149 Å². The lowest BCUT2D eigenvalue weighted by atomic mass is 9.82. The lowest BCUT2D eigenvalue weighted by molar-refractivity contribution is -0.313. The van der Waals surface area contributed by atoms with Crippen molar-refractivity contribution < 1.29 is 24.2 Å². The Bertz CT molecular complexity index is 736. The van der Waals surface area contributed by atoms with E-state index in [4.69, 9.17) is 4.74 Å². The predicted octanol–water partition coefficient (Wildman–Crippen LogP) is 1.68. The molecule has 0 saturated heterocycles. The average molecular weight is 362 g/mol. The average Bonchev–Trinajstić information content (AvgIpc) is 3.15. The standard InChI is InChI=1S/C18H21NO5S/c1-2-24-18(23)14-12-8-5-9-13(12)25-16(14)19-15(20)10-6-3-4-7-11(10)17(21)22/h3-4,10-11H,2,5-9H2,1H3,(H,19,20)(H,21,22)/p-1/t10-,11+/m1/s1. The fourth-order valence-electron chi connectivity index (χ4n) is 3.48. The summed E-state index contributed by atoms with van der Waals surface area (Å²) in [5, 5.41) is 14.6. The number of hydrogen-bond acceptors (Lipinski definition) is 6. The van der Waals surface area contributed by atoms with E-state index in [1.165, 1.54) is 11.3 Å². The molecule has 0 saturated carbocycles. The SMILES string of the molecule is CCOC(=O)c1c(NC(=O)[C@@H]2CC=CC[C@@H]2C(=O)[O-])sc2c1CCC2. The number of fused-ring (bicyclic) bond motifs is 1. The summed E-state index contributed by atoms with van der Waals surface area (Å²) < 4.78 is 5.14. The molecule has 0 fully saturated rings. The van der Waals surface area contributed by atoms with Crippen LogP contribution in [-0.2, 0) is 27.2 Å². The highest BCUT2D eigenvalue weighted by atomic mass is 32.1. The van der Waals surface area contributed by atoms with E-state index in [1.54, 1.807) is 13.0 Å². The molecular formula is C18H20NO5S-. The summed E-state index contributed by atoms with van der Waals surface area (Å²) in [6.07, 6.45) is 6.87. The van der Waals surface area contributed by atoms with Gasteiger partial charge in [0.25, 0.3) is 0 Å². The number of allylic oxidation sites excluding steroid dienone is 2. The molecule has 25 heavy (non-hydrogen) atoms. The number of anilines is 1. The third kappa shape index (κ3) is 3.46. The number of rotatable bonds is 5. The van der Waals surface area contributed by atoms with Crippen LogP contribution >= 0.6 is 11.3 Å². The number of thiophene rings is 1. The smallest absolute Gasteiger partial charge is 0.341 e. The van der Waals surface area contributed by atoms with Crippen molar-refractivity contribution in [2.75, 3.05) is 11.9 Å². The molecule has 2 aliphatic rings. The minimum Gasteiger partial charge on any atom is -0.550 e. The van der Waals surface area contributed by atoms with Crippen molar-refractivity contribution in [2.24, 2.45) is 11.8 Å². The molecule has 134 valence electrons. The van der Waals surface area contributed by atoms with Gasteiger partial charge in [-0.05, 0) is 44.6 Å². The van der Waals surface area contributed by atoms with Crippen LogP contribution in [0.1, 0.15) is 47.0 Å². The van der Waals surface area contributed by atoms with Gasteiger partial charge in [0.15, 0.2) is 0 Å². The Morgan fingerprint density at radius 3 is 2.64 bits per heavy atom. The van der Waals surface area contributed by atoms with Crippen LogP contribution in [0.15, 0.2) is 12.2 Å². The molecule has 3 rings (SSSR count). The molecule has 2 aliphatic carbocycles. The van der Waals surface area contributed by atoms with E-state index in [-0.39, 0.29) is 18.9 Å². The van der Waals surface area contributed by atoms with Gasteiger partial charge in [-0.3, -0.25) is 4.79 Å². The fourth-order valence-corrected chi connectivity index (χ4v) is 4.76. The summed E-state index contributed by atoms with van der Waals surface area (Å²) in [5.74, 6) is -3.57. The van der Waals surface area contributed by atoms with Crippen LogP contribution in [0, 0.1) is 11.8 Å². The molecule has 1 N–H and O–H groups in total. The van der Waals surface area contributed by atoms with Gasteiger partial charge < -0.3 is 20.0 Å². The summed E-state index contributed by atoms with van der Waals surface area (Å²) in [6.45, 7) is 2.00. The van der Waals surface area contributed by atoms with Crippen molar-refractivity contribution in [2.45, 2.75) is 39.0 Å². The van der Waals surface area contributed by atoms with Crippen molar-refractivity contribution >= 4 is 34.2 Å². The van der Waals surface area contributed by atoms with Crippen LogP contribution in [-0.4, -0.2) is 24.5 Å². The van der Waals surface area contributed by atoms with Gasteiger partial charge in [0, 0.05) is 16.8 Å². The van der Waals surface area contributed by atoms with Crippen molar-refractivity contribution in [3.05, 3.63) is 28.2 Å². The highest BCUT2D eigenvalue weighted by molar-refractivity contribution is 7.17. The third-order valence-electron chi connectivity index (χ3n) is 4.71. The van der Waals surface area contributed by atoms with E-state index in [9.17, 15) is 19.5 Å². The van der Waals surface area contributed by atoms with Crippen LogP contribution in [0.25, 0.3) is 0 Å². The normalized spacial score (nSPS) is 21.6. The lowest BCUT2D eigenvalue weighted by Crippen LogP contribution is -2.41. The lowest BCUT2D eigenvalue weighted by Gasteiger charge is -2.28. The van der Waals surface area contributed by atoms with E-state index in [1.807, 2.05) is 6.08 Å². The second-order valence-corrected chi connectivity index (χ2v) is 7.35. The monoisotopic (exact) mass is 362 g/mol. The van der Waals surface area contributed by atoms with Crippen LogP contribution in [0.3, 0.4) is 0 Å². The van der Waals surface area contributed by atoms with Crippen LogP contribution in [0.5, 0.6) is 0 Å². The van der Waals surface area contributed by atoms with E-state index >= 15 is 0 Å². The van der Waals surface area contributed by atoms with Gasteiger partial charge in [-0.2, -0.15) is 0 Å². The highest BCUT2D eigenvalue weighted by Gasteiger charge is 2.33. The number of esters is 1. The van der Waals surface area contributed by atoms with Crippen molar-refractivity contribution in [1.29, 1.82) is 0 Å². The largest absolute Gasteiger partial charge is 0.550 e. The first-order valence-electron chi connectivity index (χ1n) is 8.51. The Morgan fingerprint density at radius 1 is 1.24 bits per heavy atom. The molecule has 0 radical (unpaired) electrons. The number of amides is 1.